The van der Waals surface area contributed by atoms with E-state index in [0.29, 0.717) is 6.10 Å². The van der Waals surface area contributed by atoms with E-state index < -0.39 is 0 Å². The molecule has 1 atom stereocenters. The SMILES string of the molecule is C1CCC(NCCCOC2CCOC2)CC1. The molecule has 94 valence electrons. The number of rotatable bonds is 6. The maximum absolute atomic E-state index is 5.73. The molecular weight excluding hydrogens is 202 g/mol. The summed E-state index contributed by atoms with van der Waals surface area (Å²) in [6.07, 6.45) is 9.58. The average Bonchev–Trinajstić information content (AvgIpc) is 2.83. The minimum Gasteiger partial charge on any atom is -0.379 e. The molecule has 1 heterocycles. The van der Waals surface area contributed by atoms with E-state index in [4.69, 9.17) is 9.47 Å². The van der Waals surface area contributed by atoms with Crippen molar-refractivity contribution in [3.63, 3.8) is 0 Å². The van der Waals surface area contributed by atoms with Gasteiger partial charge >= 0.3 is 0 Å². The van der Waals surface area contributed by atoms with E-state index in [-0.39, 0.29) is 0 Å². The summed E-state index contributed by atoms with van der Waals surface area (Å²) in [5.74, 6) is 0. The van der Waals surface area contributed by atoms with Crippen LogP contribution in [0.5, 0.6) is 0 Å². The molecule has 16 heavy (non-hydrogen) atoms. The summed E-state index contributed by atoms with van der Waals surface area (Å²) in [5, 5.41) is 3.64. The van der Waals surface area contributed by atoms with Gasteiger partial charge < -0.3 is 14.8 Å². The Morgan fingerprint density at radius 3 is 2.75 bits per heavy atom. The summed E-state index contributed by atoms with van der Waals surface area (Å²) in [4.78, 5) is 0. The van der Waals surface area contributed by atoms with E-state index in [0.717, 1.165) is 45.2 Å². The molecule has 2 fully saturated rings. The van der Waals surface area contributed by atoms with Crippen molar-refractivity contribution in [2.75, 3.05) is 26.4 Å². The van der Waals surface area contributed by atoms with Crippen molar-refractivity contribution in [3.05, 3.63) is 0 Å². The number of hydrogen-bond acceptors (Lipinski definition) is 3. The zero-order valence-electron chi connectivity index (χ0n) is 10.2. The van der Waals surface area contributed by atoms with Crippen LogP contribution in [0.4, 0.5) is 0 Å². The molecule has 1 saturated carbocycles. The van der Waals surface area contributed by atoms with E-state index in [9.17, 15) is 0 Å². The summed E-state index contributed by atoms with van der Waals surface area (Å²) < 4.78 is 11.0. The summed E-state index contributed by atoms with van der Waals surface area (Å²) >= 11 is 0. The largest absolute Gasteiger partial charge is 0.379 e. The first kappa shape index (κ1) is 12.3. The second-order valence-electron chi connectivity index (χ2n) is 5.00. The highest BCUT2D eigenvalue weighted by molar-refractivity contribution is 4.71. The van der Waals surface area contributed by atoms with E-state index in [1.54, 1.807) is 0 Å². The van der Waals surface area contributed by atoms with Crippen molar-refractivity contribution < 1.29 is 9.47 Å². The summed E-state index contributed by atoms with van der Waals surface area (Å²) in [7, 11) is 0. The van der Waals surface area contributed by atoms with Gasteiger partial charge in [0.05, 0.1) is 12.7 Å². The molecular formula is C13H25NO2. The van der Waals surface area contributed by atoms with Gasteiger partial charge in [-0.15, -0.1) is 0 Å². The molecule has 0 radical (unpaired) electrons. The summed E-state index contributed by atoms with van der Waals surface area (Å²) in [6.45, 7) is 3.67. The summed E-state index contributed by atoms with van der Waals surface area (Å²) in [5.41, 5.74) is 0. The molecule has 0 amide bonds. The molecule has 1 aliphatic heterocycles. The Morgan fingerprint density at radius 2 is 2.00 bits per heavy atom. The predicted octanol–water partition coefficient (Wildman–Crippen LogP) is 2.10. The molecule has 0 aromatic carbocycles. The Kier molecular flexibility index (Phi) is 5.59. The zero-order valence-corrected chi connectivity index (χ0v) is 10.2. The predicted molar refractivity (Wildman–Crippen MR) is 64.7 cm³/mol. The zero-order chi connectivity index (χ0) is 11.1. The molecule has 0 bridgehead atoms. The van der Waals surface area contributed by atoms with Crippen molar-refractivity contribution in [1.82, 2.24) is 5.32 Å². The lowest BCUT2D eigenvalue weighted by atomic mass is 9.95. The van der Waals surface area contributed by atoms with Gasteiger partial charge in [-0.25, -0.2) is 0 Å². The molecule has 1 unspecified atom stereocenters. The van der Waals surface area contributed by atoms with E-state index in [2.05, 4.69) is 5.32 Å². The standard InChI is InChI=1S/C13H25NO2/c1-2-5-12(6-3-1)14-8-4-9-16-13-7-10-15-11-13/h12-14H,1-11H2. The third-order valence-corrected chi connectivity index (χ3v) is 3.60. The highest BCUT2D eigenvalue weighted by Gasteiger charge is 2.15. The third-order valence-electron chi connectivity index (χ3n) is 3.60. The molecule has 1 saturated heterocycles. The van der Waals surface area contributed by atoms with Crippen molar-refractivity contribution in [2.24, 2.45) is 0 Å². The van der Waals surface area contributed by atoms with Gasteiger partial charge in [-0.2, -0.15) is 0 Å². The van der Waals surface area contributed by atoms with Crippen LogP contribution in [-0.4, -0.2) is 38.5 Å². The fourth-order valence-electron chi connectivity index (χ4n) is 2.58. The number of ether oxygens (including phenoxy) is 2. The van der Waals surface area contributed by atoms with Gasteiger partial charge in [0, 0.05) is 19.3 Å². The van der Waals surface area contributed by atoms with Gasteiger partial charge in [0.2, 0.25) is 0 Å². The lowest BCUT2D eigenvalue weighted by molar-refractivity contribution is 0.0412. The Morgan fingerprint density at radius 1 is 1.12 bits per heavy atom. The molecule has 1 aliphatic carbocycles. The van der Waals surface area contributed by atoms with Crippen molar-refractivity contribution in [2.45, 2.75) is 57.1 Å². The van der Waals surface area contributed by atoms with Gasteiger partial charge in [-0.1, -0.05) is 19.3 Å². The normalized spacial score (nSPS) is 27.4. The second kappa shape index (κ2) is 7.25. The Balaban J connectivity index is 1.42. The van der Waals surface area contributed by atoms with Gasteiger partial charge in [-0.05, 0) is 32.2 Å². The second-order valence-corrected chi connectivity index (χ2v) is 5.00. The molecule has 2 aliphatic rings. The number of nitrogens with one attached hydrogen (secondary N) is 1. The van der Waals surface area contributed by atoms with Crippen molar-refractivity contribution in [1.29, 1.82) is 0 Å². The van der Waals surface area contributed by atoms with Crippen LogP contribution in [0.3, 0.4) is 0 Å². The third kappa shape index (κ3) is 4.40. The first-order valence-corrected chi connectivity index (χ1v) is 6.88. The van der Waals surface area contributed by atoms with Crippen LogP contribution in [0.15, 0.2) is 0 Å². The minimum absolute atomic E-state index is 0.370. The van der Waals surface area contributed by atoms with Crippen LogP contribution in [0.25, 0.3) is 0 Å². The maximum Gasteiger partial charge on any atom is 0.0830 e. The molecule has 3 heteroatoms. The average molecular weight is 227 g/mol. The van der Waals surface area contributed by atoms with E-state index in [1.807, 2.05) is 0 Å². The van der Waals surface area contributed by atoms with Gasteiger partial charge in [0.1, 0.15) is 0 Å². The Bertz CT molecular complexity index is 175. The quantitative estimate of drug-likeness (QED) is 0.705. The highest BCUT2D eigenvalue weighted by atomic mass is 16.5. The maximum atomic E-state index is 5.73. The molecule has 0 spiro atoms. The summed E-state index contributed by atoms with van der Waals surface area (Å²) in [6, 6.07) is 0.781. The fraction of sp³-hybridized carbons (Fsp3) is 1.00. The smallest absolute Gasteiger partial charge is 0.0830 e. The first-order chi connectivity index (χ1) is 7.95. The van der Waals surface area contributed by atoms with Gasteiger partial charge in [0.15, 0.2) is 0 Å². The first-order valence-electron chi connectivity index (χ1n) is 6.88. The van der Waals surface area contributed by atoms with Crippen LogP contribution >= 0.6 is 0 Å². The molecule has 1 N–H and O–H groups in total. The molecule has 3 nitrogen and oxygen atoms in total. The van der Waals surface area contributed by atoms with Crippen LogP contribution in [0.2, 0.25) is 0 Å². The number of hydrogen-bond donors (Lipinski definition) is 1. The highest BCUT2D eigenvalue weighted by Crippen LogP contribution is 2.17. The van der Waals surface area contributed by atoms with Crippen LogP contribution in [0.1, 0.15) is 44.9 Å². The van der Waals surface area contributed by atoms with Crippen LogP contribution < -0.4 is 5.32 Å². The van der Waals surface area contributed by atoms with Crippen LogP contribution in [-0.2, 0) is 9.47 Å². The van der Waals surface area contributed by atoms with E-state index >= 15 is 0 Å². The minimum atomic E-state index is 0.370. The Labute approximate surface area is 98.9 Å². The molecule has 0 aromatic rings. The van der Waals surface area contributed by atoms with Crippen LogP contribution in [0, 0.1) is 0 Å². The molecule has 2 rings (SSSR count). The van der Waals surface area contributed by atoms with Gasteiger partial charge in [0.25, 0.3) is 0 Å². The van der Waals surface area contributed by atoms with E-state index in [1.165, 1.54) is 32.1 Å². The molecule has 0 aromatic heterocycles. The lowest BCUT2D eigenvalue weighted by Crippen LogP contribution is -2.32. The fourth-order valence-corrected chi connectivity index (χ4v) is 2.58. The Hall–Kier alpha value is -0.120. The topological polar surface area (TPSA) is 30.5 Å². The van der Waals surface area contributed by atoms with Crippen molar-refractivity contribution >= 4 is 0 Å². The lowest BCUT2D eigenvalue weighted by Gasteiger charge is -2.22. The van der Waals surface area contributed by atoms with Gasteiger partial charge in [-0.3, -0.25) is 0 Å². The monoisotopic (exact) mass is 227 g/mol. The van der Waals surface area contributed by atoms with Crippen molar-refractivity contribution in [3.8, 4) is 0 Å².